The Hall–Kier alpha value is -2.89. The van der Waals surface area contributed by atoms with E-state index in [1.54, 1.807) is 6.92 Å². The third-order valence-electron chi connectivity index (χ3n) is 7.79. The number of rotatable bonds is 13. The van der Waals surface area contributed by atoms with Crippen LogP contribution in [0.1, 0.15) is 25.1 Å². The average molecular weight is 724 g/mol. The molecule has 4 rings (SSSR count). The van der Waals surface area contributed by atoms with Crippen molar-refractivity contribution in [1.82, 2.24) is 9.55 Å². The van der Waals surface area contributed by atoms with Gasteiger partial charge in [-0.25, -0.2) is 4.79 Å². The number of carboxylic acids is 1. The predicted molar refractivity (Wildman–Crippen MR) is 152 cm³/mol. The van der Waals surface area contributed by atoms with Gasteiger partial charge in [0, 0.05) is 18.5 Å². The lowest BCUT2D eigenvalue weighted by Gasteiger charge is -2.49. The van der Waals surface area contributed by atoms with E-state index in [4.69, 9.17) is 19.4 Å². The second-order valence-electron chi connectivity index (χ2n) is 11.3. The van der Waals surface area contributed by atoms with Crippen LogP contribution >= 0.6 is 7.82 Å². The van der Waals surface area contributed by atoms with Crippen molar-refractivity contribution in [1.29, 1.82) is 0 Å². The molecule has 2 aliphatic rings. The summed E-state index contributed by atoms with van der Waals surface area (Å²) >= 11 is 0. The Bertz CT molecular complexity index is 1680. The quantitative estimate of drug-likeness (QED) is 0.0839. The molecule has 3 heterocycles. The summed E-state index contributed by atoms with van der Waals surface area (Å²) in [6.45, 7) is 0.820. The number of ether oxygens (including phenoxy) is 2. The Balaban J connectivity index is 1.44. The van der Waals surface area contributed by atoms with Gasteiger partial charge in [0.05, 0.1) is 30.3 Å². The van der Waals surface area contributed by atoms with Crippen molar-refractivity contribution in [2.45, 2.75) is 79.9 Å². The highest BCUT2D eigenvalue weighted by Crippen LogP contribution is 2.49. The molecule has 20 nitrogen and oxygen atoms in total. The van der Waals surface area contributed by atoms with Crippen LogP contribution in [0.15, 0.2) is 46.2 Å². The molecule has 2 fully saturated rings. The summed E-state index contributed by atoms with van der Waals surface area (Å²) in [5, 5.41) is 64.9. The van der Waals surface area contributed by atoms with Gasteiger partial charge < -0.3 is 60.1 Å². The highest BCUT2D eigenvalue weighted by atomic mass is 32.2. The lowest BCUT2D eigenvalue weighted by atomic mass is 9.85. The van der Waals surface area contributed by atoms with Gasteiger partial charge in [0.25, 0.3) is 17.9 Å². The van der Waals surface area contributed by atoms with E-state index >= 15 is 0 Å². The number of anilines is 1. The molecule has 0 spiro atoms. The highest BCUT2D eigenvalue weighted by molar-refractivity contribution is 7.86. The first-order valence-corrected chi connectivity index (χ1v) is 17.1. The maximum Gasteiger partial charge on any atom is 0.351 e. The molecular weight excluding hydrogens is 689 g/mol. The molecule has 1 aromatic heterocycles. The van der Waals surface area contributed by atoms with Gasteiger partial charge in [0.1, 0.15) is 42.3 Å². The van der Waals surface area contributed by atoms with Crippen molar-refractivity contribution in [2.24, 2.45) is 5.92 Å². The lowest BCUT2D eigenvalue weighted by Crippen LogP contribution is -2.64. The molecule has 2 aromatic rings. The van der Waals surface area contributed by atoms with Crippen molar-refractivity contribution in [3.63, 3.8) is 0 Å². The number of aliphatic hydroxyl groups excluding tert-OH is 5. The normalized spacial score (nSPS) is 32.0. The fourth-order valence-electron chi connectivity index (χ4n) is 5.00. The van der Waals surface area contributed by atoms with Crippen LogP contribution in [0, 0.1) is 12.8 Å². The van der Waals surface area contributed by atoms with Crippen LogP contribution in [0.2, 0.25) is 0 Å². The Morgan fingerprint density at radius 1 is 1.21 bits per heavy atom. The van der Waals surface area contributed by atoms with Crippen LogP contribution in [0.5, 0.6) is 0 Å². The summed E-state index contributed by atoms with van der Waals surface area (Å²) in [6.07, 6.45) is -14.7. The smallest absolute Gasteiger partial charge is 0.351 e. The Morgan fingerprint density at radius 3 is 2.46 bits per heavy atom. The van der Waals surface area contributed by atoms with Gasteiger partial charge in [-0.2, -0.15) is 13.4 Å². The Kier molecular flexibility index (Phi) is 11.5. The SMILES string of the molecule is Cc1ccc(S(=O)(=O)OC[C@@H](O)[C@@H](O)C2O[C@](OP(=O)([O-])OCC3OC(n4ccc(N)nc4=O)[C@H](O)[C@@H]3O)(C(=O)[O-])C[C@H](O)[C@H]2C)cc1. The monoisotopic (exact) mass is 723 g/mol. The number of aliphatic hydroxyl groups is 5. The van der Waals surface area contributed by atoms with Gasteiger partial charge in [-0.05, 0) is 25.1 Å². The van der Waals surface area contributed by atoms with Gasteiger partial charge in [-0.15, -0.1) is 0 Å². The molecule has 0 saturated carbocycles. The van der Waals surface area contributed by atoms with Gasteiger partial charge in [-0.1, -0.05) is 24.6 Å². The zero-order chi connectivity index (χ0) is 35.8. The summed E-state index contributed by atoms with van der Waals surface area (Å²) in [6, 6.07) is 6.65. The summed E-state index contributed by atoms with van der Waals surface area (Å²) in [4.78, 5) is 40.4. The molecule has 7 N–H and O–H groups in total. The number of hydrogen-bond acceptors (Lipinski definition) is 19. The zero-order valence-corrected chi connectivity index (χ0v) is 27.0. The fourth-order valence-corrected chi connectivity index (χ4v) is 6.86. The molecule has 0 bridgehead atoms. The first-order chi connectivity index (χ1) is 22.3. The van der Waals surface area contributed by atoms with Crippen LogP contribution < -0.4 is 21.4 Å². The maximum absolute atomic E-state index is 12.8. The van der Waals surface area contributed by atoms with Crippen molar-refractivity contribution in [3.05, 3.63) is 52.6 Å². The Morgan fingerprint density at radius 2 is 1.85 bits per heavy atom. The van der Waals surface area contributed by atoms with Crippen LogP contribution in [0.4, 0.5) is 5.82 Å². The summed E-state index contributed by atoms with van der Waals surface area (Å²) < 4.78 is 63.4. The molecule has 268 valence electrons. The minimum absolute atomic E-state index is 0.149. The number of nitrogens with zero attached hydrogens (tertiary/aromatic N) is 2. The first kappa shape index (κ1) is 37.9. The van der Waals surface area contributed by atoms with E-state index in [2.05, 4.69) is 14.0 Å². The van der Waals surface area contributed by atoms with Crippen LogP contribution in [-0.4, -0.2) is 111 Å². The standard InChI is InChI=1S/C26H36N3O17PS/c1-12-3-5-14(6-4-12)48(40,41)43-10-16(31)19(32)22-13(2)15(30)9-26(45-22,24(35)36)46-47(38,39)42-11-17-20(33)21(34)23(44-17)29-8-7-18(27)28-25(29)37/h3-8,13,15-17,19-23,30-34H,9-11H2,1-2H3,(H,35,36)(H,38,39)(H2,27,28,37)/p-2/t13-,15+,16-,17?,19-,20-,21-,22?,23?,26-/m1/s1. The van der Waals surface area contributed by atoms with Gasteiger partial charge in [-0.3, -0.25) is 17.8 Å². The molecule has 4 unspecified atom stereocenters. The summed E-state index contributed by atoms with van der Waals surface area (Å²) in [5.41, 5.74) is 5.21. The molecule has 48 heavy (non-hydrogen) atoms. The first-order valence-electron chi connectivity index (χ1n) is 14.2. The number of carbonyl (C=O) groups excluding carboxylic acids is 1. The van der Waals surface area contributed by atoms with Crippen LogP contribution in [0.25, 0.3) is 0 Å². The number of nitrogen functional groups attached to an aromatic ring is 1. The molecular formula is C26H34N3O17PS-2. The van der Waals surface area contributed by atoms with E-state index in [9.17, 15) is 58.1 Å². The van der Waals surface area contributed by atoms with Crippen LogP contribution in [-0.2, 0) is 42.2 Å². The number of aliphatic carboxylic acids is 1. The number of phosphoric ester groups is 1. The van der Waals surface area contributed by atoms with Crippen LogP contribution in [0.3, 0.4) is 0 Å². The molecule has 11 atom stereocenters. The molecule has 22 heteroatoms. The second kappa shape index (κ2) is 14.5. The third kappa shape index (κ3) is 8.28. The van der Waals surface area contributed by atoms with E-state index in [-0.39, 0.29) is 10.7 Å². The number of benzene rings is 1. The summed E-state index contributed by atoms with van der Waals surface area (Å²) in [7, 11) is -10.2. The molecule has 0 radical (unpaired) electrons. The zero-order valence-electron chi connectivity index (χ0n) is 25.2. The number of aromatic nitrogens is 2. The van der Waals surface area contributed by atoms with E-state index in [0.717, 1.165) is 16.3 Å². The number of phosphoric acid groups is 1. The topological polar surface area (TPSA) is 323 Å². The predicted octanol–water partition coefficient (Wildman–Crippen LogP) is -4.39. The minimum atomic E-state index is -5.81. The summed E-state index contributed by atoms with van der Waals surface area (Å²) in [5.74, 6) is -7.04. The molecule has 0 aliphatic carbocycles. The van der Waals surface area contributed by atoms with Gasteiger partial charge in [0.15, 0.2) is 6.23 Å². The third-order valence-corrected chi connectivity index (χ3v) is 10.1. The lowest BCUT2D eigenvalue weighted by molar-refractivity contribution is -0.380. The molecule has 1 aromatic carbocycles. The van der Waals surface area contributed by atoms with E-state index in [1.807, 2.05) is 0 Å². The Labute approximate surface area is 272 Å². The molecule has 0 amide bonds. The molecule has 2 aliphatic heterocycles. The van der Waals surface area contributed by atoms with E-state index in [0.29, 0.717) is 0 Å². The van der Waals surface area contributed by atoms with Gasteiger partial charge >= 0.3 is 5.69 Å². The average Bonchev–Trinajstić information content (AvgIpc) is 3.29. The van der Waals surface area contributed by atoms with E-state index in [1.165, 1.54) is 37.3 Å². The largest absolute Gasteiger partial charge is 0.756 e. The van der Waals surface area contributed by atoms with Crippen molar-refractivity contribution in [2.75, 3.05) is 18.9 Å². The van der Waals surface area contributed by atoms with Crippen molar-refractivity contribution in [3.8, 4) is 0 Å². The highest BCUT2D eigenvalue weighted by Gasteiger charge is 2.53. The second-order valence-corrected chi connectivity index (χ2v) is 14.2. The van der Waals surface area contributed by atoms with Gasteiger partial charge in [0.2, 0.25) is 5.79 Å². The fraction of sp³-hybridized carbons (Fsp3) is 0.577. The number of carboxylic acid groups (broad SMARTS) is 1. The maximum atomic E-state index is 12.8. The number of carbonyl (C=O) groups is 1. The minimum Gasteiger partial charge on any atom is -0.756 e. The number of hydrogen-bond donors (Lipinski definition) is 6. The number of aryl methyl sites for hydroxylation is 1. The molecule has 2 saturated heterocycles. The van der Waals surface area contributed by atoms with Crippen molar-refractivity contribution >= 4 is 29.7 Å². The number of nitrogens with two attached hydrogens (primary N) is 1. The van der Waals surface area contributed by atoms with E-state index < -0.39 is 110 Å². The van der Waals surface area contributed by atoms with Crippen molar-refractivity contribution < 1.29 is 76.0 Å².